The number of hydrogen-bond acceptors (Lipinski definition) is 5. The van der Waals surface area contributed by atoms with E-state index in [1.54, 1.807) is 0 Å². The van der Waals surface area contributed by atoms with Crippen LogP contribution in [0.5, 0.6) is 17.2 Å². The molecule has 0 saturated carbocycles. The van der Waals surface area contributed by atoms with E-state index in [9.17, 15) is 0 Å². The largest absolute Gasteiger partial charge is 0.491 e. The first-order chi connectivity index (χ1) is 28.4. The van der Waals surface area contributed by atoms with Crippen LogP contribution in [0.3, 0.4) is 0 Å². The predicted octanol–water partition coefficient (Wildman–Crippen LogP) is 12.7. The maximum atomic E-state index is 6.23. The van der Waals surface area contributed by atoms with Crippen molar-refractivity contribution in [1.29, 1.82) is 0 Å². The molecule has 0 aliphatic carbocycles. The fraction of sp³-hybridized carbons (Fsp3) is 0.358. The molecule has 0 heterocycles. The molecule has 0 unspecified atom stereocenters. The molecule has 0 bridgehead atoms. The zero-order valence-electron chi connectivity index (χ0n) is 36.0. The van der Waals surface area contributed by atoms with E-state index in [0.717, 1.165) is 45.5 Å². The van der Waals surface area contributed by atoms with E-state index in [4.69, 9.17) is 23.7 Å². The van der Waals surface area contributed by atoms with Crippen molar-refractivity contribution >= 4 is 33.4 Å². The maximum absolute atomic E-state index is 6.23. The smallest absolute Gasteiger partial charge is 0.127 e. The normalized spacial score (nSPS) is 12.1. The van der Waals surface area contributed by atoms with Gasteiger partial charge in [-0.3, -0.25) is 0 Å². The molecule has 5 nitrogen and oxygen atoms in total. The number of rotatable bonds is 19. The number of hydrogen-bond donors (Lipinski definition) is 0. The second kappa shape index (κ2) is 20.3. The quantitative estimate of drug-likeness (QED) is 0.0351. The summed E-state index contributed by atoms with van der Waals surface area (Å²) in [5.41, 5.74) is 8.37. The summed E-state index contributed by atoms with van der Waals surface area (Å²) in [7, 11) is 0. The molecule has 0 spiro atoms. The number of benzene rings is 6. The second-order valence-corrected chi connectivity index (χ2v) is 18.1. The third-order valence-electron chi connectivity index (χ3n) is 11.0. The van der Waals surface area contributed by atoms with Crippen LogP contribution in [0.1, 0.15) is 87.4 Å². The molecule has 0 amide bonds. The second-order valence-electron chi connectivity index (χ2n) is 17.0. The summed E-state index contributed by atoms with van der Waals surface area (Å²) in [5.74, 6) is 2.44. The van der Waals surface area contributed by atoms with Crippen molar-refractivity contribution in [1.82, 2.24) is 0 Å². The average Bonchev–Trinajstić information content (AvgIpc) is 3.24. The number of ether oxygens (including phenoxy) is 5. The lowest BCUT2D eigenvalue weighted by Gasteiger charge is -2.38. The molecule has 0 aliphatic rings. The Bertz CT molecular complexity index is 2140. The lowest BCUT2D eigenvalue weighted by Crippen LogP contribution is -2.31. The third-order valence-corrected chi connectivity index (χ3v) is 11.4. The van der Waals surface area contributed by atoms with Gasteiger partial charge in [0.15, 0.2) is 0 Å². The molecule has 6 heteroatoms. The molecule has 310 valence electrons. The van der Waals surface area contributed by atoms with Gasteiger partial charge < -0.3 is 23.7 Å². The van der Waals surface area contributed by atoms with Crippen molar-refractivity contribution in [2.45, 2.75) is 71.1 Å². The number of alkyl halides is 1. The highest BCUT2D eigenvalue weighted by atomic mass is 127. The highest BCUT2D eigenvalue weighted by Gasteiger charge is 2.39. The van der Waals surface area contributed by atoms with Gasteiger partial charge in [0.1, 0.15) is 37.1 Å². The molecule has 0 atom stereocenters. The van der Waals surface area contributed by atoms with Gasteiger partial charge in [0.2, 0.25) is 0 Å². The fourth-order valence-electron chi connectivity index (χ4n) is 7.63. The summed E-state index contributed by atoms with van der Waals surface area (Å²) >= 11 is 2.31. The lowest BCUT2D eigenvalue weighted by molar-refractivity contribution is 0.0768. The van der Waals surface area contributed by atoms with Crippen LogP contribution in [0.15, 0.2) is 133 Å². The summed E-state index contributed by atoms with van der Waals surface area (Å²) in [6, 6.07) is 48.4. The van der Waals surface area contributed by atoms with Crippen molar-refractivity contribution in [3.05, 3.63) is 172 Å². The van der Waals surface area contributed by atoms with Crippen LogP contribution in [0.2, 0.25) is 0 Å². The van der Waals surface area contributed by atoms with Crippen LogP contribution in [0, 0.1) is 0 Å². The van der Waals surface area contributed by atoms with Gasteiger partial charge in [0.25, 0.3) is 0 Å². The lowest BCUT2D eigenvalue weighted by atomic mass is 9.64. The Morgan fingerprint density at radius 1 is 0.407 bits per heavy atom. The maximum Gasteiger partial charge on any atom is 0.127 e. The number of aryl methyl sites for hydroxylation is 1. The first-order valence-electron chi connectivity index (χ1n) is 21.0. The van der Waals surface area contributed by atoms with Gasteiger partial charge in [0, 0.05) is 15.2 Å². The molecular weight excluding hydrogens is 843 g/mol. The summed E-state index contributed by atoms with van der Waals surface area (Å²) < 4.78 is 30.9. The Hall–Kier alpha value is -4.37. The zero-order chi connectivity index (χ0) is 41.9. The molecule has 59 heavy (non-hydrogen) atoms. The first kappa shape index (κ1) is 44.2. The van der Waals surface area contributed by atoms with Crippen molar-refractivity contribution in [2.75, 3.05) is 50.7 Å². The minimum absolute atomic E-state index is 0.0501. The molecule has 0 saturated heterocycles. The molecule has 0 aromatic heterocycles. The van der Waals surface area contributed by atoms with Gasteiger partial charge >= 0.3 is 0 Å². The van der Waals surface area contributed by atoms with E-state index >= 15 is 0 Å². The summed E-state index contributed by atoms with van der Waals surface area (Å²) in [5, 5.41) is 2.03. The summed E-state index contributed by atoms with van der Waals surface area (Å²) in [6.45, 7) is 19.4. The Morgan fingerprint density at radius 3 is 1.19 bits per heavy atom. The third kappa shape index (κ3) is 10.9. The van der Waals surface area contributed by atoms with Crippen LogP contribution in [0.4, 0.5) is 0 Å². The highest BCUT2D eigenvalue weighted by Crippen LogP contribution is 2.46. The van der Waals surface area contributed by atoms with Crippen LogP contribution in [-0.4, -0.2) is 50.7 Å². The molecule has 0 N–H and O–H groups in total. The van der Waals surface area contributed by atoms with Gasteiger partial charge in [-0.05, 0) is 80.5 Å². The Balaban J connectivity index is 1.15. The molecule has 0 aliphatic heterocycles. The molecule has 6 rings (SSSR count). The van der Waals surface area contributed by atoms with Gasteiger partial charge in [-0.15, -0.1) is 0 Å². The minimum atomic E-state index is -0.553. The zero-order valence-corrected chi connectivity index (χ0v) is 38.1. The predicted molar refractivity (Wildman–Crippen MR) is 252 cm³/mol. The van der Waals surface area contributed by atoms with Gasteiger partial charge in [-0.2, -0.15) is 0 Å². The number of halogens is 1. The van der Waals surface area contributed by atoms with E-state index in [1.165, 1.54) is 38.9 Å². The summed E-state index contributed by atoms with van der Waals surface area (Å²) in [6.07, 6.45) is 0.993. The minimum Gasteiger partial charge on any atom is -0.491 e. The van der Waals surface area contributed by atoms with Crippen LogP contribution in [-0.2, 0) is 32.1 Å². The molecule has 0 fully saturated rings. The fourth-order valence-corrected chi connectivity index (χ4v) is 7.95. The van der Waals surface area contributed by atoms with Crippen LogP contribution < -0.4 is 14.2 Å². The van der Waals surface area contributed by atoms with Crippen LogP contribution in [0.25, 0.3) is 10.8 Å². The molecular formula is C53H61IO5. The van der Waals surface area contributed by atoms with E-state index in [2.05, 4.69) is 180 Å². The van der Waals surface area contributed by atoms with E-state index in [1.807, 2.05) is 24.3 Å². The standard InChI is InChI=1S/C53H61IO5/c1-8-39-15-17-42(18-16-39)53(43-23-19-40(20-24-43)51(2,3)4,44-25-21-41(22-26-44)52(5,6)7)45-27-29-46(30-28-45)57-36-33-56-35-38-59-50-14-10-11-47-48(50)12-9-13-49(47)58-37-34-55-32-31-54/h9-30H,8,31-38H2,1-7H3. The summed E-state index contributed by atoms with van der Waals surface area (Å²) in [4.78, 5) is 0. The Labute approximate surface area is 366 Å². The van der Waals surface area contributed by atoms with Gasteiger partial charge in [-0.25, -0.2) is 0 Å². The van der Waals surface area contributed by atoms with E-state index in [-0.39, 0.29) is 10.8 Å². The monoisotopic (exact) mass is 904 g/mol. The highest BCUT2D eigenvalue weighted by molar-refractivity contribution is 14.1. The van der Waals surface area contributed by atoms with Crippen molar-refractivity contribution in [2.24, 2.45) is 0 Å². The van der Waals surface area contributed by atoms with E-state index in [0.29, 0.717) is 39.6 Å². The number of fused-ring (bicyclic) bond motifs is 1. The Kier molecular flexibility index (Phi) is 15.2. The first-order valence-corrected chi connectivity index (χ1v) is 22.5. The topological polar surface area (TPSA) is 46.2 Å². The molecule has 6 aromatic carbocycles. The van der Waals surface area contributed by atoms with Crippen molar-refractivity contribution in [3.8, 4) is 17.2 Å². The van der Waals surface area contributed by atoms with Crippen LogP contribution >= 0.6 is 22.6 Å². The van der Waals surface area contributed by atoms with E-state index < -0.39 is 5.41 Å². The van der Waals surface area contributed by atoms with Crippen molar-refractivity contribution < 1.29 is 23.7 Å². The Morgan fingerprint density at radius 2 is 0.780 bits per heavy atom. The SMILES string of the molecule is CCc1ccc(C(c2ccc(OCCOCCOc3cccc4c(OCCOCCI)cccc34)cc2)(c2ccc(C(C)(C)C)cc2)c2ccc(C(C)(C)C)cc2)cc1. The van der Waals surface area contributed by atoms with Crippen molar-refractivity contribution in [3.63, 3.8) is 0 Å². The van der Waals surface area contributed by atoms with Gasteiger partial charge in [-0.1, -0.05) is 180 Å². The van der Waals surface area contributed by atoms with Gasteiger partial charge in [0.05, 0.1) is 31.8 Å². The molecule has 0 radical (unpaired) electrons. The molecule has 6 aromatic rings. The average molecular weight is 905 g/mol.